The summed E-state index contributed by atoms with van der Waals surface area (Å²) >= 11 is 1.59. The van der Waals surface area contributed by atoms with Crippen molar-refractivity contribution < 1.29 is 27.5 Å². The van der Waals surface area contributed by atoms with Crippen molar-refractivity contribution in [3.63, 3.8) is 0 Å². The van der Waals surface area contributed by atoms with Gasteiger partial charge in [0.1, 0.15) is 19.0 Å². The van der Waals surface area contributed by atoms with Gasteiger partial charge in [-0.05, 0) is 42.7 Å². The minimum Gasteiger partial charge on any atom is -0.490 e. The van der Waals surface area contributed by atoms with Gasteiger partial charge in [0.15, 0.2) is 5.78 Å². The van der Waals surface area contributed by atoms with Crippen LogP contribution in [0.5, 0.6) is 5.75 Å². The van der Waals surface area contributed by atoms with Crippen LogP contribution in [0.1, 0.15) is 23.2 Å². The normalized spacial score (nSPS) is 11.1. The average Bonchev–Trinajstić information content (AvgIpc) is 2.69. The summed E-state index contributed by atoms with van der Waals surface area (Å²) in [4.78, 5) is 24.9. The molecular formula is C19H21NO6S2. The molecule has 0 heterocycles. The van der Waals surface area contributed by atoms with Crippen molar-refractivity contribution in [1.82, 2.24) is 0 Å². The highest BCUT2D eigenvalue weighted by Gasteiger charge is 2.11. The predicted molar refractivity (Wildman–Crippen MR) is 106 cm³/mol. The molecule has 0 amide bonds. The van der Waals surface area contributed by atoms with Crippen LogP contribution in [0, 0.1) is 0 Å². The lowest BCUT2D eigenvalue weighted by atomic mass is 10.1. The van der Waals surface area contributed by atoms with E-state index in [0.29, 0.717) is 11.3 Å². The van der Waals surface area contributed by atoms with E-state index in [2.05, 4.69) is 0 Å². The number of nitrogens with two attached hydrogens (primary N) is 1. The Morgan fingerprint density at radius 3 is 2.18 bits per heavy atom. The first kappa shape index (κ1) is 21.9. The third-order valence-corrected chi connectivity index (χ3v) is 5.41. The van der Waals surface area contributed by atoms with Crippen LogP contribution in [-0.4, -0.2) is 39.6 Å². The Balaban J connectivity index is 1.67. The zero-order valence-corrected chi connectivity index (χ0v) is 16.9. The van der Waals surface area contributed by atoms with E-state index in [1.165, 1.54) is 24.3 Å². The van der Waals surface area contributed by atoms with Gasteiger partial charge in [-0.2, -0.15) is 0 Å². The summed E-state index contributed by atoms with van der Waals surface area (Å²) in [6, 6.07) is 12.8. The molecule has 0 aromatic heterocycles. The summed E-state index contributed by atoms with van der Waals surface area (Å²) in [5.41, 5.74) is 0.567. The fourth-order valence-electron chi connectivity index (χ4n) is 2.25. The Morgan fingerprint density at radius 1 is 0.964 bits per heavy atom. The van der Waals surface area contributed by atoms with Crippen molar-refractivity contribution in [2.45, 2.75) is 22.6 Å². The number of thioether (sulfide) groups is 1. The zero-order chi connectivity index (χ0) is 20.6. The molecule has 0 fully saturated rings. The highest BCUT2D eigenvalue weighted by Crippen LogP contribution is 2.16. The Hall–Kier alpha value is -2.36. The van der Waals surface area contributed by atoms with Gasteiger partial charge >= 0.3 is 5.97 Å². The summed E-state index contributed by atoms with van der Waals surface area (Å²) in [7, 11) is -3.75. The van der Waals surface area contributed by atoms with Gasteiger partial charge < -0.3 is 9.47 Å². The summed E-state index contributed by atoms with van der Waals surface area (Å²) in [6.07, 6.45) is 2.02. The number of hydrogen-bond acceptors (Lipinski definition) is 7. The van der Waals surface area contributed by atoms with E-state index in [0.717, 1.165) is 4.90 Å². The summed E-state index contributed by atoms with van der Waals surface area (Å²) in [5, 5.41) is 5.01. The van der Waals surface area contributed by atoms with Gasteiger partial charge in [-0.15, -0.1) is 11.8 Å². The molecule has 0 saturated heterocycles. The SMILES string of the molecule is CSc1ccc(C(=O)CCC(=O)OCCOc2ccc(S(N)(=O)=O)cc2)cc1. The van der Waals surface area contributed by atoms with Crippen molar-refractivity contribution >= 4 is 33.5 Å². The number of carbonyl (C=O) groups is 2. The van der Waals surface area contributed by atoms with Gasteiger partial charge in [-0.3, -0.25) is 9.59 Å². The minimum absolute atomic E-state index is 0.00777. The highest BCUT2D eigenvalue weighted by molar-refractivity contribution is 7.98. The second-order valence-electron chi connectivity index (χ2n) is 5.74. The number of carbonyl (C=O) groups excluding carboxylic acids is 2. The Morgan fingerprint density at radius 2 is 1.61 bits per heavy atom. The number of esters is 1. The van der Waals surface area contributed by atoms with Crippen molar-refractivity contribution in [3.8, 4) is 5.75 Å². The van der Waals surface area contributed by atoms with E-state index < -0.39 is 16.0 Å². The van der Waals surface area contributed by atoms with Gasteiger partial charge in [-0.25, -0.2) is 13.6 Å². The number of rotatable bonds is 10. The molecule has 2 N–H and O–H groups in total. The molecular weight excluding hydrogens is 402 g/mol. The molecule has 0 aliphatic carbocycles. The summed E-state index contributed by atoms with van der Waals surface area (Å²) in [6.45, 7) is 0.122. The van der Waals surface area contributed by atoms with E-state index in [9.17, 15) is 18.0 Å². The molecule has 150 valence electrons. The van der Waals surface area contributed by atoms with Crippen molar-refractivity contribution in [3.05, 3.63) is 54.1 Å². The first-order valence-electron chi connectivity index (χ1n) is 8.38. The number of sulfonamides is 1. The van der Waals surface area contributed by atoms with Crippen LogP contribution < -0.4 is 9.88 Å². The smallest absolute Gasteiger partial charge is 0.306 e. The van der Waals surface area contributed by atoms with E-state index in [1.54, 1.807) is 23.9 Å². The Labute approximate surface area is 168 Å². The number of ketones is 1. The molecule has 0 aliphatic heterocycles. The molecule has 2 aromatic carbocycles. The van der Waals surface area contributed by atoms with Crippen molar-refractivity contribution in [2.75, 3.05) is 19.5 Å². The fourth-order valence-corrected chi connectivity index (χ4v) is 3.17. The molecule has 9 heteroatoms. The number of benzene rings is 2. The van der Waals surface area contributed by atoms with Crippen LogP contribution in [0.25, 0.3) is 0 Å². The molecule has 2 aromatic rings. The van der Waals surface area contributed by atoms with Gasteiger partial charge in [0.25, 0.3) is 0 Å². The maximum absolute atomic E-state index is 12.1. The first-order chi connectivity index (χ1) is 13.3. The molecule has 7 nitrogen and oxygen atoms in total. The van der Waals surface area contributed by atoms with Crippen molar-refractivity contribution in [2.24, 2.45) is 5.14 Å². The summed E-state index contributed by atoms with van der Waals surface area (Å²) in [5.74, 6) is -0.176. The molecule has 0 radical (unpaired) electrons. The maximum Gasteiger partial charge on any atom is 0.306 e. The Kier molecular flexibility index (Phi) is 8.04. The van der Waals surface area contributed by atoms with E-state index in [4.69, 9.17) is 14.6 Å². The van der Waals surface area contributed by atoms with Gasteiger partial charge in [0.05, 0.1) is 11.3 Å². The quantitative estimate of drug-likeness (QED) is 0.270. The number of primary sulfonamides is 1. The second-order valence-corrected chi connectivity index (χ2v) is 8.18. The second kappa shape index (κ2) is 10.3. The van der Waals surface area contributed by atoms with Crippen molar-refractivity contribution in [1.29, 1.82) is 0 Å². The van der Waals surface area contributed by atoms with Gasteiger partial charge in [-0.1, -0.05) is 12.1 Å². The standard InChI is InChI=1S/C19H21NO6S2/c1-27-16-6-2-14(3-7-16)18(21)10-11-19(22)26-13-12-25-15-4-8-17(9-5-15)28(20,23)24/h2-9H,10-13H2,1H3,(H2,20,23,24). The first-order valence-corrected chi connectivity index (χ1v) is 11.2. The monoisotopic (exact) mass is 423 g/mol. The Bertz CT molecular complexity index is 908. The zero-order valence-electron chi connectivity index (χ0n) is 15.3. The molecule has 0 atom stereocenters. The van der Waals surface area contributed by atoms with Crippen LogP contribution in [0.3, 0.4) is 0 Å². The van der Waals surface area contributed by atoms with Crippen LogP contribution in [-0.2, 0) is 19.6 Å². The number of Topliss-reactive ketones (excluding diaryl/α,β-unsaturated/α-hetero) is 1. The largest absolute Gasteiger partial charge is 0.490 e. The third kappa shape index (κ3) is 6.99. The molecule has 28 heavy (non-hydrogen) atoms. The molecule has 2 rings (SSSR count). The molecule has 0 unspecified atom stereocenters. The van der Waals surface area contributed by atoms with Crippen LogP contribution in [0.15, 0.2) is 58.3 Å². The number of ether oxygens (including phenoxy) is 2. The predicted octanol–water partition coefficient (Wildman–Crippen LogP) is 2.64. The molecule has 0 saturated carbocycles. The highest BCUT2D eigenvalue weighted by atomic mass is 32.2. The number of hydrogen-bond donors (Lipinski definition) is 1. The molecule has 0 bridgehead atoms. The summed E-state index contributed by atoms with van der Waals surface area (Å²) < 4.78 is 32.7. The average molecular weight is 424 g/mol. The van der Waals surface area contributed by atoms with Gasteiger partial charge in [0, 0.05) is 16.9 Å². The van der Waals surface area contributed by atoms with Crippen LogP contribution in [0.2, 0.25) is 0 Å². The lowest BCUT2D eigenvalue weighted by Gasteiger charge is -2.08. The third-order valence-electron chi connectivity index (χ3n) is 3.74. The molecule has 0 spiro atoms. The lowest BCUT2D eigenvalue weighted by molar-refractivity contribution is -0.144. The minimum atomic E-state index is -3.75. The topological polar surface area (TPSA) is 113 Å². The fraction of sp³-hybridized carbons (Fsp3) is 0.263. The van der Waals surface area contributed by atoms with Crippen LogP contribution in [0.4, 0.5) is 0 Å². The van der Waals surface area contributed by atoms with E-state index >= 15 is 0 Å². The maximum atomic E-state index is 12.1. The van der Waals surface area contributed by atoms with Crippen LogP contribution >= 0.6 is 11.8 Å². The van der Waals surface area contributed by atoms with Gasteiger partial charge in [0.2, 0.25) is 10.0 Å². The lowest BCUT2D eigenvalue weighted by Crippen LogP contribution is -2.14. The van der Waals surface area contributed by atoms with E-state index in [1.807, 2.05) is 18.4 Å². The van der Waals surface area contributed by atoms with E-state index in [-0.39, 0.29) is 36.7 Å². The molecule has 0 aliphatic rings.